The van der Waals surface area contributed by atoms with Gasteiger partial charge in [-0.05, 0) is 25.1 Å². The molecule has 3 aromatic rings. The second-order valence-electron chi connectivity index (χ2n) is 6.62. The van der Waals surface area contributed by atoms with Crippen LogP contribution < -0.4 is 15.0 Å². The van der Waals surface area contributed by atoms with Crippen molar-refractivity contribution in [3.63, 3.8) is 0 Å². The monoisotopic (exact) mass is 462 g/mol. The lowest BCUT2D eigenvalue weighted by atomic mass is 10.2. The number of nitrogens with zero attached hydrogens (tertiary/aromatic N) is 4. The van der Waals surface area contributed by atoms with Crippen LogP contribution in [-0.2, 0) is 13.2 Å². The summed E-state index contributed by atoms with van der Waals surface area (Å²) in [6.45, 7) is 0.774. The van der Waals surface area contributed by atoms with Gasteiger partial charge in [-0.2, -0.15) is 5.26 Å². The van der Waals surface area contributed by atoms with Crippen LogP contribution in [0.2, 0.25) is 5.02 Å². The number of halogens is 3. The summed E-state index contributed by atoms with van der Waals surface area (Å²) >= 11 is 5.90. The lowest BCUT2D eigenvalue weighted by Crippen LogP contribution is -2.24. The molecule has 0 saturated carbocycles. The van der Waals surface area contributed by atoms with Crippen LogP contribution in [-0.4, -0.2) is 26.8 Å². The third-order valence-corrected chi connectivity index (χ3v) is 4.65. The zero-order valence-electron chi connectivity index (χ0n) is 17.0. The molecule has 11 heteroatoms. The Hall–Kier alpha value is -3.55. The molecule has 1 aromatic carbocycles. The minimum Gasteiger partial charge on any atom is -0.481 e. The first kappa shape index (κ1) is 23.1. The van der Waals surface area contributed by atoms with Crippen LogP contribution in [0.15, 0.2) is 35.4 Å². The van der Waals surface area contributed by atoms with Crippen molar-refractivity contribution in [2.75, 3.05) is 7.11 Å². The van der Waals surface area contributed by atoms with Gasteiger partial charge >= 0.3 is 0 Å². The van der Waals surface area contributed by atoms with E-state index in [0.29, 0.717) is 11.3 Å². The number of alkyl halides is 1. The SMILES string of the molecule is COc1nc(CO)ccc1Cn1cnc(C(C)F)c(Oc2cc(Cl)cc(C#N)c2F)c1=O. The average molecular weight is 463 g/mol. The van der Waals surface area contributed by atoms with E-state index in [1.165, 1.54) is 7.11 Å². The van der Waals surface area contributed by atoms with E-state index in [4.69, 9.17) is 26.3 Å². The van der Waals surface area contributed by atoms with E-state index in [1.807, 2.05) is 0 Å². The standard InChI is InChI=1S/C21H17ClF2N4O4/c1-11(23)18-19(32-16-6-14(22)5-13(7-25)17(16)24)21(30)28(10-26-18)8-12-3-4-15(9-29)27-20(12)31-2/h3-6,10-11,29H,8-9H2,1-2H3. The number of benzene rings is 1. The highest BCUT2D eigenvalue weighted by Gasteiger charge is 2.22. The second-order valence-corrected chi connectivity index (χ2v) is 7.05. The highest BCUT2D eigenvalue weighted by atomic mass is 35.5. The van der Waals surface area contributed by atoms with Gasteiger partial charge in [0.15, 0.2) is 11.6 Å². The smallest absolute Gasteiger partial charge is 0.297 e. The molecule has 0 fully saturated rings. The van der Waals surface area contributed by atoms with Gasteiger partial charge in [-0.15, -0.1) is 0 Å². The van der Waals surface area contributed by atoms with Crippen LogP contribution in [0.1, 0.15) is 35.6 Å². The molecule has 0 radical (unpaired) electrons. The van der Waals surface area contributed by atoms with Gasteiger partial charge in [0.05, 0.1) is 37.8 Å². The first-order valence-electron chi connectivity index (χ1n) is 9.23. The Morgan fingerprint density at radius 2 is 2.12 bits per heavy atom. The molecule has 0 saturated heterocycles. The third kappa shape index (κ3) is 4.69. The van der Waals surface area contributed by atoms with Crippen molar-refractivity contribution in [2.24, 2.45) is 0 Å². The number of rotatable bonds is 7. The highest BCUT2D eigenvalue weighted by Crippen LogP contribution is 2.32. The van der Waals surface area contributed by atoms with E-state index in [0.717, 1.165) is 30.0 Å². The van der Waals surface area contributed by atoms with Crippen LogP contribution in [0.4, 0.5) is 8.78 Å². The molecule has 0 aliphatic rings. The molecule has 1 N–H and O–H groups in total. The number of hydrogen-bond acceptors (Lipinski definition) is 7. The van der Waals surface area contributed by atoms with Crippen LogP contribution in [0, 0.1) is 17.1 Å². The fourth-order valence-electron chi connectivity index (χ4n) is 2.88. The van der Waals surface area contributed by atoms with Crippen molar-refractivity contribution < 1.29 is 23.4 Å². The van der Waals surface area contributed by atoms with Crippen molar-refractivity contribution in [1.82, 2.24) is 14.5 Å². The number of pyridine rings is 1. The Labute approximate surface area is 186 Å². The number of nitriles is 1. The number of aliphatic hydroxyl groups excluding tert-OH is 1. The van der Waals surface area contributed by atoms with E-state index in [1.54, 1.807) is 18.2 Å². The highest BCUT2D eigenvalue weighted by molar-refractivity contribution is 6.30. The lowest BCUT2D eigenvalue weighted by Gasteiger charge is -2.15. The number of methoxy groups -OCH3 is 1. The van der Waals surface area contributed by atoms with Crippen molar-refractivity contribution in [3.8, 4) is 23.4 Å². The molecule has 2 aromatic heterocycles. The summed E-state index contributed by atoms with van der Waals surface area (Å²) < 4.78 is 40.4. The Morgan fingerprint density at radius 1 is 1.38 bits per heavy atom. The summed E-state index contributed by atoms with van der Waals surface area (Å²) in [4.78, 5) is 21.2. The maximum absolute atomic E-state index is 14.5. The van der Waals surface area contributed by atoms with Gasteiger partial charge in [-0.3, -0.25) is 9.36 Å². The van der Waals surface area contributed by atoms with Gasteiger partial charge in [0.25, 0.3) is 5.56 Å². The fourth-order valence-corrected chi connectivity index (χ4v) is 3.09. The number of aromatic nitrogens is 3. The number of ether oxygens (including phenoxy) is 2. The predicted molar refractivity (Wildman–Crippen MR) is 110 cm³/mol. The molecule has 3 rings (SSSR count). The topological polar surface area (TPSA) is 110 Å². The third-order valence-electron chi connectivity index (χ3n) is 4.43. The lowest BCUT2D eigenvalue weighted by molar-refractivity contribution is 0.274. The van der Waals surface area contributed by atoms with Crippen LogP contribution >= 0.6 is 11.6 Å². The summed E-state index contributed by atoms with van der Waals surface area (Å²) in [5, 5.41) is 18.3. The fraction of sp³-hybridized carbons (Fsp3) is 0.238. The van der Waals surface area contributed by atoms with Crippen molar-refractivity contribution >= 4 is 11.6 Å². The first-order valence-corrected chi connectivity index (χ1v) is 9.60. The molecule has 0 aliphatic carbocycles. The quantitative estimate of drug-likeness (QED) is 0.570. The van der Waals surface area contributed by atoms with E-state index < -0.39 is 34.6 Å². The van der Waals surface area contributed by atoms with Gasteiger partial charge in [-0.1, -0.05) is 11.6 Å². The summed E-state index contributed by atoms with van der Waals surface area (Å²) in [6.07, 6.45) is -0.584. The largest absolute Gasteiger partial charge is 0.481 e. The normalized spacial score (nSPS) is 11.7. The molecular formula is C21H17ClF2N4O4. The van der Waals surface area contributed by atoms with Crippen LogP contribution in [0.5, 0.6) is 17.4 Å². The Balaban J connectivity index is 2.09. The first-order chi connectivity index (χ1) is 15.3. The summed E-state index contributed by atoms with van der Waals surface area (Å²) in [6, 6.07) is 6.95. The van der Waals surface area contributed by atoms with E-state index >= 15 is 0 Å². The molecule has 8 nitrogen and oxygen atoms in total. The zero-order valence-corrected chi connectivity index (χ0v) is 17.7. The molecule has 166 valence electrons. The van der Waals surface area contributed by atoms with Crippen LogP contribution in [0.25, 0.3) is 0 Å². The Kier molecular flexibility index (Phi) is 7.02. The van der Waals surface area contributed by atoms with Crippen molar-refractivity contribution in [3.05, 3.63) is 74.3 Å². The molecule has 1 atom stereocenters. The molecule has 1 unspecified atom stereocenters. The molecule has 32 heavy (non-hydrogen) atoms. The minimum atomic E-state index is -1.70. The predicted octanol–water partition coefficient (Wildman–Crippen LogP) is 3.67. The minimum absolute atomic E-state index is 0.00297. The van der Waals surface area contributed by atoms with E-state index in [-0.39, 0.29) is 29.7 Å². The van der Waals surface area contributed by atoms with Crippen molar-refractivity contribution in [1.29, 1.82) is 5.26 Å². The Bertz CT molecular complexity index is 1260. The molecule has 0 spiro atoms. The average Bonchev–Trinajstić information content (AvgIpc) is 2.78. The molecular weight excluding hydrogens is 446 g/mol. The summed E-state index contributed by atoms with van der Waals surface area (Å²) in [7, 11) is 1.38. The second kappa shape index (κ2) is 9.72. The van der Waals surface area contributed by atoms with Gasteiger partial charge in [0, 0.05) is 16.7 Å². The van der Waals surface area contributed by atoms with Crippen LogP contribution in [0.3, 0.4) is 0 Å². The summed E-state index contributed by atoms with van der Waals surface area (Å²) in [5.41, 5.74) is -0.699. The van der Waals surface area contributed by atoms with Gasteiger partial charge in [-0.25, -0.2) is 18.7 Å². The molecule has 2 heterocycles. The van der Waals surface area contributed by atoms with Gasteiger partial charge in [0.2, 0.25) is 11.6 Å². The zero-order chi connectivity index (χ0) is 23.4. The van der Waals surface area contributed by atoms with Gasteiger partial charge < -0.3 is 14.6 Å². The Morgan fingerprint density at radius 3 is 2.75 bits per heavy atom. The molecule has 0 amide bonds. The van der Waals surface area contributed by atoms with E-state index in [2.05, 4.69) is 9.97 Å². The maximum atomic E-state index is 14.5. The maximum Gasteiger partial charge on any atom is 0.297 e. The van der Waals surface area contributed by atoms with E-state index in [9.17, 15) is 18.7 Å². The summed E-state index contributed by atoms with van der Waals surface area (Å²) in [5.74, 6) is -1.94. The number of hydrogen-bond donors (Lipinski definition) is 1. The van der Waals surface area contributed by atoms with Crippen molar-refractivity contribution in [2.45, 2.75) is 26.2 Å². The number of aliphatic hydroxyl groups is 1. The molecule has 0 aliphatic heterocycles. The van der Waals surface area contributed by atoms with Gasteiger partial charge in [0.1, 0.15) is 17.9 Å². The molecule has 0 bridgehead atoms.